The summed E-state index contributed by atoms with van der Waals surface area (Å²) in [6.45, 7) is 5.59. The Hall–Kier alpha value is -3.42. The van der Waals surface area contributed by atoms with E-state index in [1.54, 1.807) is 6.07 Å². The Labute approximate surface area is 203 Å². The standard InChI is InChI=1S/C26H27ClN2O5/c1-3-31-24-11-19(14-28-13-18-6-9-22-23(10-18)34-16-33-22)21(27)12-25(24)32-15-26(30)29-20-7-4-17(2)5-8-20/h4-12,28H,3,13-16H2,1-2H3,(H,29,30). The maximum absolute atomic E-state index is 12.3. The zero-order valence-corrected chi connectivity index (χ0v) is 19.9. The van der Waals surface area contributed by atoms with Crippen LogP contribution in [0, 0.1) is 6.92 Å². The lowest BCUT2D eigenvalue weighted by Crippen LogP contribution is -2.20. The van der Waals surface area contributed by atoms with Crippen molar-refractivity contribution >= 4 is 23.2 Å². The Kier molecular flexibility index (Phi) is 7.77. The number of halogens is 1. The molecule has 0 unspecified atom stereocenters. The molecule has 0 saturated heterocycles. The van der Waals surface area contributed by atoms with Crippen molar-refractivity contribution < 1.29 is 23.7 Å². The van der Waals surface area contributed by atoms with E-state index in [1.807, 2.05) is 62.4 Å². The summed E-state index contributed by atoms with van der Waals surface area (Å²) in [4.78, 5) is 12.3. The number of nitrogens with one attached hydrogen (secondary N) is 2. The van der Waals surface area contributed by atoms with Gasteiger partial charge in [0, 0.05) is 29.9 Å². The first kappa shape index (κ1) is 23.7. The molecule has 7 nitrogen and oxygen atoms in total. The molecule has 0 radical (unpaired) electrons. The molecule has 0 saturated carbocycles. The summed E-state index contributed by atoms with van der Waals surface area (Å²) >= 11 is 6.51. The van der Waals surface area contributed by atoms with Gasteiger partial charge in [-0.2, -0.15) is 0 Å². The lowest BCUT2D eigenvalue weighted by atomic mass is 10.1. The van der Waals surface area contributed by atoms with E-state index in [0.29, 0.717) is 41.9 Å². The maximum atomic E-state index is 12.3. The first-order valence-corrected chi connectivity index (χ1v) is 11.4. The minimum atomic E-state index is -0.267. The molecule has 1 amide bonds. The predicted octanol–water partition coefficient (Wildman–Crippen LogP) is 5.08. The van der Waals surface area contributed by atoms with Crippen LogP contribution in [0.4, 0.5) is 5.69 Å². The fourth-order valence-electron chi connectivity index (χ4n) is 3.46. The van der Waals surface area contributed by atoms with Gasteiger partial charge in [-0.05, 0) is 55.3 Å². The van der Waals surface area contributed by atoms with Crippen LogP contribution >= 0.6 is 11.6 Å². The van der Waals surface area contributed by atoms with Crippen molar-refractivity contribution in [1.29, 1.82) is 0 Å². The molecule has 0 fully saturated rings. The molecule has 0 aromatic heterocycles. The molecule has 0 aliphatic carbocycles. The summed E-state index contributed by atoms with van der Waals surface area (Å²) in [6, 6.07) is 16.9. The number of fused-ring (bicyclic) bond motifs is 1. The molecule has 34 heavy (non-hydrogen) atoms. The molecule has 178 valence electrons. The van der Waals surface area contributed by atoms with Gasteiger partial charge in [0.15, 0.2) is 29.6 Å². The molecule has 1 heterocycles. The van der Waals surface area contributed by atoms with Crippen LogP contribution in [0.25, 0.3) is 0 Å². The molecule has 0 bridgehead atoms. The van der Waals surface area contributed by atoms with E-state index in [1.165, 1.54) is 0 Å². The normalized spacial score (nSPS) is 11.9. The van der Waals surface area contributed by atoms with Crippen LogP contribution < -0.4 is 29.6 Å². The Morgan fingerprint density at radius 3 is 2.53 bits per heavy atom. The lowest BCUT2D eigenvalue weighted by molar-refractivity contribution is -0.118. The maximum Gasteiger partial charge on any atom is 0.262 e. The van der Waals surface area contributed by atoms with E-state index < -0.39 is 0 Å². The number of benzene rings is 3. The van der Waals surface area contributed by atoms with E-state index in [4.69, 9.17) is 30.5 Å². The van der Waals surface area contributed by atoms with Gasteiger partial charge < -0.3 is 29.6 Å². The molecule has 3 aromatic carbocycles. The van der Waals surface area contributed by atoms with Gasteiger partial charge in [0.1, 0.15) is 0 Å². The molecule has 2 N–H and O–H groups in total. The van der Waals surface area contributed by atoms with E-state index in [2.05, 4.69) is 10.6 Å². The minimum absolute atomic E-state index is 0.161. The Balaban J connectivity index is 1.35. The average Bonchev–Trinajstić information content (AvgIpc) is 3.29. The average molecular weight is 483 g/mol. The number of hydrogen-bond donors (Lipinski definition) is 2. The molecule has 1 aliphatic rings. The van der Waals surface area contributed by atoms with Crippen LogP contribution in [-0.2, 0) is 17.9 Å². The smallest absolute Gasteiger partial charge is 0.262 e. The highest BCUT2D eigenvalue weighted by atomic mass is 35.5. The topological polar surface area (TPSA) is 78.1 Å². The molecular formula is C26H27ClN2O5. The van der Waals surface area contributed by atoms with Crippen molar-refractivity contribution in [3.8, 4) is 23.0 Å². The SMILES string of the molecule is CCOc1cc(CNCc2ccc3c(c2)OCO3)c(Cl)cc1OCC(=O)Nc1ccc(C)cc1. The monoisotopic (exact) mass is 482 g/mol. The Morgan fingerprint density at radius 1 is 0.971 bits per heavy atom. The predicted molar refractivity (Wildman–Crippen MR) is 131 cm³/mol. The number of hydrogen-bond acceptors (Lipinski definition) is 6. The summed E-state index contributed by atoms with van der Waals surface area (Å²) in [6.07, 6.45) is 0. The van der Waals surface area contributed by atoms with Crippen LogP contribution in [0.5, 0.6) is 23.0 Å². The van der Waals surface area contributed by atoms with Gasteiger partial charge >= 0.3 is 0 Å². The van der Waals surface area contributed by atoms with Gasteiger partial charge in [-0.3, -0.25) is 4.79 Å². The second kappa shape index (κ2) is 11.1. The minimum Gasteiger partial charge on any atom is -0.490 e. The molecule has 8 heteroatoms. The van der Waals surface area contributed by atoms with E-state index in [-0.39, 0.29) is 19.3 Å². The van der Waals surface area contributed by atoms with Gasteiger partial charge in [0.05, 0.1) is 6.61 Å². The number of amides is 1. The highest BCUT2D eigenvalue weighted by molar-refractivity contribution is 6.31. The van der Waals surface area contributed by atoms with Gasteiger partial charge in [-0.15, -0.1) is 0 Å². The number of rotatable bonds is 10. The highest BCUT2D eigenvalue weighted by Gasteiger charge is 2.15. The lowest BCUT2D eigenvalue weighted by Gasteiger charge is -2.15. The van der Waals surface area contributed by atoms with Crippen molar-refractivity contribution in [2.45, 2.75) is 26.9 Å². The van der Waals surface area contributed by atoms with Crippen LogP contribution in [0.15, 0.2) is 54.6 Å². The summed E-state index contributed by atoms with van der Waals surface area (Å²) < 4.78 is 22.2. The summed E-state index contributed by atoms with van der Waals surface area (Å²) in [5.41, 5.74) is 3.77. The number of anilines is 1. The van der Waals surface area contributed by atoms with Crippen molar-refractivity contribution in [2.75, 3.05) is 25.3 Å². The molecule has 4 rings (SSSR count). The highest BCUT2D eigenvalue weighted by Crippen LogP contribution is 2.34. The van der Waals surface area contributed by atoms with Crippen molar-refractivity contribution in [3.63, 3.8) is 0 Å². The zero-order valence-electron chi connectivity index (χ0n) is 19.2. The fourth-order valence-corrected chi connectivity index (χ4v) is 3.68. The number of ether oxygens (including phenoxy) is 4. The fraction of sp³-hybridized carbons (Fsp3) is 0.269. The van der Waals surface area contributed by atoms with Crippen molar-refractivity contribution in [2.24, 2.45) is 0 Å². The van der Waals surface area contributed by atoms with E-state index in [9.17, 15) is 4.79 Å². The van der Waals surface area contributed by atoms with Gasteiger partial charge in [-0.1, -0.05) is 35.4 Å². The zero-order chi connectivity index (χ0) is 23.9. The van der Waals surface area contributed by atoms with Crippen LogP contribution in [0.2, 0.25) is 5.02 Å². The summed E-state index contributed by atoms with van der Waals surface area (Å²) in [5, 5.41) is 6.71. The number of carbonyl (C=O) groups excluding carboxylic acids is 1. The van der Waals surface area contributed by atoms with Gasteiger partial charge in [0.25, 0.3) is 5.91 Å². The van der Waals surface area contributed by atoms with E-state index in [0.717, 1.165) is 28.2 Å². The number of carbonyl (C=O) groups is 1. The van der Waals surface area contributed by atoms with Gasteiger partial charge in [-0.25, -0.2) is 0 Å². The first-order valence-electron chi connectivity index (χ1n) is 11.1. The second-order valence-corrected chi connectivity index (χ2v) is 8.22. The number of aryl methyl sites for hydroxylation is 1. The molecular weight excluding hydrogens is 456 g/mol. The quantitative estimate of drug-likeness (QED) is 0.419. The largest absolute Gasteiger partial charge is 0.490 e. The Bertz CT molecular complexity index is 1150. The third-order valence-corrected chi connectivity index (χ3v) is 5.54. The van der Waals surface area contributed by atoms with Gasteiger partial charge in [0.2, 0.25) is 6.79 Å². The molecule has 0 atom stereocenters. The van der Waals surface area contributed by atoms with E-state index >= 15 is 0 Å². The Morgan fingerprint density at radius 2 is 1.74 bits per heavy atom. The van der Waals surface area contributed by atoms with Crippen molar-refractivity contribution in [1.82, 2.24) is 5.32 Å². The third-order valence-electron chi connectivity index (χ3n) is 5.19. The van der Waals surface area contributed by atoms with Crippen LogP contribution in [0.1, 0.15) is 23.6 Å². The third kappa shape index (κ3) is 6.12. The summed E-state index contributed by atoms with van der Waals surface area (Å²) in [5.74, 6) is 2.21. The van der Waals surface area contributed by atoms with Crippen molar-refractivity contribution in [3.05, 3.63) is 76.3 Å². The van der Waals surface area contributed by atoms with Crippen LogP contribution in [-0.4, -0.2) is 25.9 Å². The summed E-state index contributed by atoms with van der Waals surface area (Å²) in [7, 11) is 0. The molecule has 3 aromatic rings. The second-order valence-electron chi connectivity index (χ2n) is 7.82. The molecule has 0 spiro atoms. The molecule has 1 aliphatic heterocycles. The van der Waals surface area contributed by atoms with Crippen LogP contribution in [0.3, 0.4) is 0 Å². The first-order chi connectivity index (χ1) is 16.5.